The molecule has 26 heavy (non-hydrogen) atoms. The molecule has 1 aliphatic rings. The molecule has 0 aliphatic carbocycles. The van der Waals surface area contributed by atoms with Crippen LogP contribution in [0.5, 0.6) is 11.5 Å². The van der Waals surface area contributed by atoms with Gasteiger partial charge in [-0.25, -0.2) is 4.79 Å². The number of carbonyl (C=O) groups is 1. The second-order valence-electron chi connectivity index (χ2n) is 5.76. The molecule has 1 unspecified atom stereocenters. The fraction of sp³-hybridized carbons (Fsp3) is 0.278. The number of carboxylic acids is 1. The molecule has 1 N–H and O–H groups in total. The maximum absolute atomic E-state index is 11.4. The highest BCUT2D eigenvalue weighted by atomic mass is 16.6. The number of nitrogens with zero attached hydrogens (tertiary/aromatic N) is 1. The SMILES string of the molecule is O=C(O)c1cc(OC2CCOC2)c(OCc2ccccc2)cc1[N+](=O)[O-]. The van der Waals surface area contributed by atoms with Crippen molar-refractivity contribution in [2.45, 2.75) is 19.1 Å². The average Bonchev–Trinajstić information content (AvgIpc) is 3.14. The second-order valence-corrected chi connectivity index (χ2v) is 5.76. The van der Waals surface area contributed by atoms with Gasteiger partial charge in [-0.05, 0) is 5.56 Å². The van der Waals surface area contributed by atoms with Crippen LogP contribution in [0.2, 0.25) is 0 Å². The van der Waals surface area contributed by atoms with Crippen LogP contribution >= 0.6 is 0 Å². The lowest BCUT2D eigenvalue weighted by Gasteiger charge is -2.17. The van der Waals surface area contributed by atoms with E-state index in [9.17, 15) is 20.0 Å². The molecule has 1 saturated heterocycles. The van der Waals surface area contributed by atoms with Gasteiger partial charge in [0.25, 0.3) is 5.69 Å². The maximum Gasteiger partial charge on any atom is 0.342 e. The molecule has 1 heterocycles. The highest BCUT2D eigenvalue weighted by Crippen LogP contribution is 2.36. The molecule has 0 saturated carbocycles. The number of rotatable bonds is 7. The smallest absolute Gasteiger partial charge is 0.342 e. The van der Waals surface area contributed by atoms with Gasteiger partial charge in [0, 0.05) is 12.5 Å². The number of nitro benzene ring substituents is 1. The summed E-state index contributed by atoms with van der Waals surface area (Å²) >= 11 is 0. The monoisotopic (exact) mass is 359 g/mol. The van der Waals surface area contributed by atoms with Crippen molar-refractivity contribution < 1.29 is 29.0 Å². The van der Waals surface area contributed by atoms with Crippen LogP contribution in [-0.4, -0.2) is 35.3 Å². The van der Waals surface area contributed by atoms with E-state index in [1.165, 1.54) is 0 Å². The molecule has 0 spiro atoms. The number of hydrogen-bond acceptors (Lipinski definition) is 6. The van der Waals surface area contributed by atoms with Crippen molar-refractivity contribution in [2.24, 2.45) is 0 Å². The van der Waals surface area contributed by atoms with Crippen LogP contribution in [0.3, 0.4) is 0 Å². The lowest BCUT2D eigenvalue weighted by molar-refractivity contribution is -0.385. The highest BCUT2D eigenvalue weighted by molar-refractivity contribution is 5.93. The van der Waals surface area contributed by atoms with Gasteiger partial charge in [-0.1, -0.05) is 30.3 Å². The van der Waals surface area contributed by atoms with Gasteiger partial charge in [-0.3, -0.25) is 10.1 Å². The highest BCUT2D eigenvalue weighted by Gasteiger charge is 2.27. The Morgan fingerprint density at radius 1 is 1.27 bits per heavy atom. The second kappa shape index (κ2) is 7.83. The molecule has 2 aromatic carbocycles. The molecule has 8 nitrogen and oxygen atoms in total. The number of nitro groups is 1. The minimum atomic E-state index is -1.40. The zero-order chi connectivity index (χ0) is 18.5. The van der Waals surface area contributed by atoms with Crippen LogP contribution in [0.4, 0.5) is 5.69 Å². The molecule has 0 aromatic heterocycles. The van der Waals surface area contributed by atoms with Crippen LogP contribution in [0.1, 0.15) is 22.3 Å². The van der Waals surface area contributed by atoms with Crippen molar-refractivity contribution in [3.63, 3.8) is 0 Å². The van der Waals surface area contributed by atoms with Crippen LogP contribution in [0.25, 0.3) is 0 Å². The molecule has 1 aliphatic heterocycles. The first kappa shape index (κ1) is 17.7. The largest absolute Gasteiger partial charge is 0.485 e. The van der Waals surface area contributed by atoms with Gasteiger partial charge in [-0.2, -0.15) is 0 Å². The zero-order valence-corrected chi connectivity index (χ0v) is 13.8. The molecule has 8 heteroatoms. The van der Waals surface area contributed by atoms with Gasteiger partial charge in [0.15, 0.2) is 11.5 Å². The first-order valence-corrected chi connectivity index (χ1v) is 8.01. The summed E-state index contributed by atoms with van der Waals surface area (Å²) in [5.41, 5.74) is -0.126. The summed E-state index contributed by atoms with van der Waals surface area (Å²) in [5.74, 6) is -1.13. The summed E-state index contributed by atoms with van der Waals surface area (Å²) in [6.07, 6.45) is 0.398. The standard InChI is InChI=1S/C18H17NO7/c20-18(21)14-8-17(26-13-6-7-24-11-13)16(9-15(14)19(22)23)25-10-12-4-2-1-3-5-12/h1-5,8-9,13H,6-7,10-11H2,(H,20,21). The third-order valence-corrected chi connectivity index (χ3v) is 3.91. The molecule has 3 rings (SSSR count). The van der Waals surface area contributed by atoms with Crippen LogP contribution in [0, 0.1) is 10.1 Å². The van der Waals surface area contributed by atoms with Crippen LogP contribution in [-0.2, 0) is 11.3 Å². The quantitative estimate of drug-likeness (QED) is 0.598. The first-order chi connectivity index (χ1) is 12.5. The topological polar surface area (TPSA) is 108 Å². The van der Waals surface area contributed by atoms with E-state index in [2.05, 4.69) is 0 Å². The normalized spacial score (nSPS) is 16.2. The Labute approximate surface area is 149 Å². The van der Waals surface area contributed by atoms with Crippen LogP contribution in [0.15, 0.2) is 42.5 Å². The molecular formula is C18H17NO7. The Balaban J connectivity index is 1.93. The summed E-state index contributed by atoms with van der Waals surface area (Å²) in [5, 5.41) is 20.5. The lowest BCUT2D eigenvalue weighted by Crippen LogP contribution is -2.17. The van der Waals surface area contributed by atoms with Crippen molar-refractivity contribution in [1.29, 1.82) is 0 Å². The van der Waals surface area contributed by atoms with E-state index in [0.717, 1.165) is 17.7 Å². The Morgan fingerprint density at radius 2 is 2.04 bits per heavy atom. The van der Waals surface area contributed by atoms with E-state index in [1.807, 2.05) is 30.3 Å². The predicted molar refractivity (Wildman–Crippen MR) is 90.7 cm³/mol. The van der Waals surface area contributed by atoms with E-state index >= 15 is 0 Å². The molecule has 1 fully saturated rings. The third-order valence-electron chi connectivity index (χ3n) is 3.91. The first-order valence-electron chi connectivity index (χ1n) is 8.01. The summed E-state index contributed by atoms with van der Waals surface area (Å²) in [6.45, 7) is 1.09. The van der Waals surface area contributed by atoms with Gasteiger partial charge in [-0.15, -0.1) is 0 Å². The van der Waals surface area contributed by atoms with Gasteiger partial charge >= 0.3 is 5.97 Å². The summed E-state index contributed by atoms with van der Waals surface area (Å²) in [4.78, 5) is 21.9. The molecule has 0 amide bonds. The molecule has 2 aromatic rings. The number of ether oxygens (including phenoxy) is 3. The third kappa shape index (κ3) is 4.09. The summed E-state index contributed by atoms with van der Waals surface area (Å²) < 4.78 is 16.7. The van der Waals surface area contributed by atoms with Crippen molar-refractivity contribution in [3.8, 4) is 11.5 Å². The molecule has 0 radical (unpaired) electrons. The average molecular weight is 359 g/mol. The summed E-state index contributed by atoms with van der Waals surface area (Å²) in [7, 11) is 0. The van der Waals surface area contributed by atoms with E-state index in [-0.39, 0.29) is 24.2 Å². The van der Waals surface area contributed by atoms with Crippen molar-refractivity contribution >= 4 is 11.7 Å². The van der Waals surface area contributed by atoms with E-state index in [0.29, 0.717) is 19.6 Å². The van der Waals surface area contributed by atoms with Gasteiger partial charge < -0.3 is 19.3 Å². The summed E-state index contributed by atoms with van der Waals surface area (Å²) in [6, 6.07) is 11.5. The van der Waals surface area contributed by atoms with Crippen molar-refractivity contribution in [3.05, 3.63) is 63.7 Å². The minimum absolute atomic E-state index is 0.123. The Morgan fingerprint density at radius 3 is 2.65 bits per heavy atom. The molecule has 1 atom stereocenters. The van der Waals surface area contributed by atoms with Crippen molar-refractivity contribution in [2.75, 3.05) is 13.2 Å². The van der Waals surface area contributed by atoms with E-state index < -0.39 is 22.1 Å². The van der Waals surface area contributed by atoms with Gasteiger partial charge in [0.2, 0.25) is 0 Å². The van der Waals surface area contributed by atoms with E-state index in [4.69, 9.17) is 14.2 Å². The molecule has 0 bridgehead atoms. The predicted octanol–water partition coefficient (Wildman–Crippen LogP) is 3.04. The Hall–Kier alpha value is -3.13. The minimum Gasteiger partial charge on any atom is -0.485 e. The number of benzene rings is 2. The number of aromatic carboxylic acids is 1. The fourth-order valence-electron chi connectivity index (χ4n) is 2.60. The number of hydrogen-bond donors (Lipinski definition) is 1. The lowest BCUT2D eigenvalue weighted by atomic mass is 10.1. The van der Waals surface area contributed by atoms with Gasteiger partial charge in [0.1, 0.15) is 18.3 Å². The Kier molecular flexibility index (Phi) is 5.33. The fourth-order valence-corrected chi connectivity index (χ4v) is 2.60. The Bertz CT molecular complexity index is 801. The zero-order valence-electron chi connectivity index (χ0n) is 13.8. The molecule has 136 valence electrons. The van der Waals surface area contributed by atoms with Crippen LogP contribution < -0.4 is 9.47 Å². The number of carboxylic acid groups (broad SMARTS) is 1. The molecular weight excluding hydrogens is 342 g/mol. The van der Waals surface area contributed by atoms with E-state index in [1.54, 1.807) is 0 Å². The van der Waals surface area contributed by atoms with Crippen molar-refractivity contribution in [1.82, 2.24) is 0 Å². The maximum atomic E-state index is 11.4. The van der Waals surface area contributed by atoms with Gasteiger partial charge in [0.05, 0.1) is 24.2 Å².